The normalized spacial score (nSPS) is 12.0. The number of hydrogen-bond donors (Lipinski definition) is 0. The van der Waals surface area contributed by atoms with Crippen LogP contribution in [0.4, 0.5) is 13.2 Å². The lowest BCUT2D eigenvalue weighted by Crippen LogP contribution is -2.06. The Kier molecular flexibility index (Phi) is 11.2. The third-order valence-electron chi connectivity index (χ3n) is 2.84. The average Bonchev–Trinajstić information content (AvgIpc) is 2.24. The second-order valence-electron chi connectivity index (χ2n) is 4.59. The Balaban J connectivity index is 2.99. The lowest BCUT2D eigenvalue weighted by molar-refractivity contribution is -0.135. The van der Waals surface area contributed by atoms with Crippen LogP contribution in [0.1, 0.15) is 70.6 Å². The summed E-state index contributed by atoms with van der Waals surface area (Å²) in [5.41, 5.74) is 0. The van der Waals surface area contributed by atoms with E-state index in [1.807, 2.05) is 0 Å². The third-order valence-corrected chi connectivity index (χ3v) is 3.11. The fourth-order valence-corrected chi connectivity index (χ4v) is 2.02. The van der Waals surface area contributed by atoms with Crippen molar-refractivity contribution in [2.45, 2.75) is 76.8 Å². The van der Waals surface area contributed by atoms with Crippen LogP contribution in [0.25, 0.3) is 0 Å². The SMILES string of the molecule is FC(F)(F)CCCCCCCCCCCCCl. The van der Waals surface area contributed by atoms with Crippen molar-refractivity contribution in [3.05, 3.63) is 0 Å². The van der Waals surface area contributed by atoms with E-state index in [1.165, 1.54) is 25.7 Å². The first kappa shape index (κ1) is 17.1. The molecule has 0 aromatic carbocycles. The van der Waals surface area contributed by atoms with Gasteiger partial charge in [-0.05, 0) is 12.8 Å². The minimum absolute atomic E-state index is 0.291. The van der Waals surface area contributed by atoms with Gasteiger partial charge in [-0.3, -0.25) is 0 Å². The molecule has 0 aliphatic heterocycles. The fourth-order valence-electron chi connectivity index (χ4n) is 1.83. The molecule has 0 amide bonds. The molecule has 17 heavy (non-hydrogen) atoms. The highest BCUT2D eigenvalue weighted by atomic mass is 35.5. The highest BCUT2D eigenvalue weighted by Gasteiger charge is 2.25. The Morgan fingerprint density at radius 2 is 0.941 bits per heavy atom. The monoisotopic (exact) mass is 272 g/mol. The van der Waals surface area contributed by atoms with Gasteiger partial charge in [0.2, 0.25) is 0 Å². The van der Waals surface area contributed by atoms with E-state index in [1.54, 1.807) is 0 Å². The van der Waals surface area contributed by atoms with Crippen molar-refractivity contribution in [3.8, 4) is 0 Å². The van der Waals surface area contributed by atoms with Gasteiger partial charge < -0.3 is 0 Å². The van der Waals surface area contributed by atoms with Gasteiger partial charge in [0, 0.05) is 12.3 Å². The van der Waals surface area contributed by atoms with Crippen molar-refractivity contribution in [2.24, 2.45) is 0 Å². The van der Waals surface area contributed by atoms with E-state index in [0.717, 1.165) is 31.6 Å². The van der Waals surface area contributed by atoms with Crippen molar-refractivity contribution in [3.63, 3.8) is 0 Å². The molecule has 0 aromatic heterocycles. The zero-order chi connectivity index (χ0) is 13.0. The summed E-state index contributed by atoms with van der Waals surface area (Å²) >= 11 is 5.56. The van der Waals surface area contributed by atoms with Gasteiger partial charge in [0.1, 0.15) is 0 Å². The maximum absolute atomic E-state index is 11.8. The van der Waals surface area contributed by atoms with Crippen molar-refractivity contribution in [2.75, 3.05) is 5.88 Å². The van der Waals surface area contributed by atoms with E-state index in [4.69, 9.17) is 11.6 Å². The minimum atomic E-state index is -3.97. The molecule has 0 saturated heterocycles. The third kappa shape index (κ3) is 16.1. The van der Waals surface area contributed by atoms with Crippen LogP contribution >= 0.6 is 11.6 Å². The molecule has 0 N–H and O–H groups in total. The van der Waals surface area contributed by atoms with E-state index < -0.39 is 12.6 Å². The minimum Gasteiger partial charge on any atom is -0.171 e. The molecule has 0 fully saturated rings. The summed E-state index contributed by atoms with van der Waals surface area (Å²) in [7, 11) is 0. The second-order valence-corrected chi connectivity index (χ2v) is 4.97. The second kappa shape index (κ2) is 11.2. The molecule has 0 aliphatic carbocycles. The molecule has 104 valence electrons. The highest BCUT2D eigenvalue weighted by Crippen LogP contribution is 2.23. The van der Waals surface area contributed by atoms with Crippen molar-refractivity contribution < 1.29 is 13.2 Å². The molecular weight excluding hydrogens is 249 g/mol. The van der Waals surface area contributed by atoms with E-state index in [2.05, 4.69) is 0 Å². The first-order chi connectivity index (χ1) is 8.06. The lowest BCUT2D eigenvalue weighted by Gasteiger charge is -2.05. The van der Waals surface area contributed by atoms with Crippen LogP contribution in [0.15, 0.2) is 0 Å². The topological polar surface area (TPSA) is 0 Å². The Morgan fingerprint density at radius 3 is 1.29 bits per heavy atom. The molecule has 0 rings (SSSR count). The highest BCUT2D eigenvalue weighted by molar-refractivity contribution is 6.17. The van der Waals surface area contributed by atoms with E-state index in [0.29, 0.717) is 12.8 Å². The van der Waals surface area contributed by atoms with Crippen LogP contribution < -0.4 is 0 Å². The number of halogens is 4. The molecule has 0 aromatic rings. The Morgan fingerprint density at radius 1 is 0.588 bits per heavy atom. The quantitative estimate of drug-likeness (QED) is 0.316. The van der Waals surface area contributed by atoms with Gasteiger partial charge in [-0.15, -0.1) is 11.6 Å². The molecule has 0 bridgehead atoms. The predicted octanol–water partition coefficient (Wildman–Crippen LogP) is 6.08. The molecule has 0 atom stereocenters. The molecule has 0 unspecified atom stereocenters. The van der Waals surface area contributed by atoms with Crippen molar-refractivity contribution in [1.29, 1.82) is 0 Å². The maximum atomic E-state index is 11.8. The molecule has 0 aliphatic rings. The van der Waals surface area contributed by atoms with E-state index in [9.17, 15) is 13.2 Å². The molecule has 0 spiro atoms. The largest absolute Gasteiger partial charge is 0.389 e. The molecule has 0 radical (unpaired) electrons. The number of rotatable bonds is 11. The summed E-state index contributed by atoms with van der Waals surface area (Å²) in [5.74, 6) is 0.749. The van der Waals surface area contributed by atoms with Gasteiger partial charge >= 0.3 is 6.18 Å². The summed E-state index contributed by atoms with van der Waals surface area (Å²) in [6.07, 6.45) is 5.58. The fraction of sp³-hybridized carbons (Fsp3) is 1.00. The van der Waals surface area contributed by atoms with Crippen LogP contribution in [0, 0.1) is 0 Å². The number of alkyl halides is 4. The maximum Gasteiger partial charge on any atom is 0.389 e. The van der Waals surface area contributed by atoms with Crippen LogP contribution in [0.5, 0.6) is 0 Å². The van der Waals surface area contributed by atoms with Gasteiger partial charge in [0.15, 0.2) is 0 Å². The first-order valence-corrected chi connectivity index (χ1v) is 7.22. The number of hydrogen-bond acceptors (Lipinski definition) is 0. The van der Waals surface area contributed by atoms with Crippen LogP contribution in [-0.4, -0.2) is 12.1 Å². The van der Waals surface area contributed by atoms with Crippen LogP contribution in [-0.2, 0) is 0 Å². The molecule has 0 nitrogen and oxygen atoms in total. The van der Waals surface area contributed by atoms with Crippen molar-refractivity contribution >= 4 is 11.6 Å². The molecule has 4 heteroatoms. The molecule has 0 saturated carbocycles. The Bertz CT molecular complexity index is 157. The summed E-state index contributed by atoms with van der Waals surface area (Å²) in [6, 6.07) is 0. The van der Waals surface area contributed by atoms with Crippen molar-refractivity contribution in [1.82, 2.24) is 0 Å². The predicted molar refractivity (Wildman–Crippen MR) is 67.6 cm³/mol. The van der Waals surface area contributed by atoms with Crippen LogP contribution in [0.2, 0.25) is 0 Å². The lowest BCUT2D eigenvalue weighted by atomic mass is 10.1. The Hall–Kier alpha value is 0.0800. The molecule has 0 heterocycles. The zero-order valence-electron chi connectivity index (χ0n) is 10.5. The van der Waals surface area contributed by atoms with E-state index >= 15 is 0 Å². The van der Waals surface area contributed by atoms with Gasteiger partial charge in [0.05, 0.1) is 0 Å². The van der Waals surface area contributed by atoms with Crippen LogP contribution in [0.3, 0.4) is 0 Å². The van der Waals surface area contributed by atoms with Gasteiger partial charge in [-0.1, -0.05) is 51.4 Å². The van der Waals surface area contributed by atoms with E-state index in [-0.39, 0.29) is 0 Å². The summed E-state index contributed by atoms with van der Waals surface area (Å²) < 4.78 is 35.5. The average molecular weight is 273 g/mol. The Labute approximate surface area is 108 Å². The standard InChI is InChI=1S/C13H24ClF3/c14-12-10-8-6-4-2-1-3-5-7-9-11-13(15,16)17/h1-12H2. The van der Waals surface area contributed by atoms with Gasteiger partial charge in [-0.25, -0.2) is 0 Å². The zero-order valence-corrected chi connectivity index (χ0v) is 11.3. The number of unbranched alkanes of at least 4 members (excludes halogenated alkanes) is 9. The summed E-state index contributed by atoms with van der Waals surface area (Å²) in [5, 5.41) is 0. The summed E-state index contributed by atoms with van der Waals surface area (Å²) in [4.78, 5) is 0. The molecular formula is C13H24ClF3. The summed E-state index contributed by atoms with van der Waals surface area (Å²) in [6.45, 7) is 0. The van der Waals surface area contributed by atoms with Gasteiger partial charge in [0.25, 0.3) is 0 Å². The smallest absolute Gasteiger partial charge is 0.171 e. The van der Waals surface area contributed by atoms with Gasteiger partial charge in [-0.2, -0.15) is 13.2 Å². The first-order valence-electron chi connectivity index (χ1n) is 6.69.